The maximum atomic E-state index is 5.64. The van der Waals surface area contributed by atoms with E-state index in [1.165, 1.54) is 0 Å². The van der Waals surface area contributed by atoms with Gasteiger partial charge in [-0.05, 0) is 17.9 Å². The predicted molar refractivity (Wildman–Crippen MR) is 49.3 cm³/mol. The van der Waals surface area contributed by atoms with Gasteiger partial charge in [-0.1, -0.05) is 18.3 Å². The molecule has 11 heavy (non-hydrogen) atoms. The van der Waals surface area contributed by atoms with E-state index in [4.69, 9.17) is 5.73 Å². The first kappa shape index (κ1) is 8.14. The Labute approximate surface area is 70.5 Å². The topological polar surface area (TPSA) is 38.9 Å². The number of aromatic nitrogens is 1. The molecule has 0 saturated heterocycles. The maximum Gasteiger partial charge on any atom is 0.0642 e. The van der Waals surface area contributed by atoms with Gasteiger partial charge in [-0.15, -0.1) is 0 Å². The minimum atomic E-state index is 0.709. The van der Waals surface area contributed by atoms with Crippen LogP contribution < -0.4 is 5.73 Å². The highest BCUT2D eigenvalue weighted by molar-refractivity contribution is 8.03. The number of nitrogen functional groups attached to an aromatic ring is 1. The highest BCUT2D eigenvalue weighted by Gasteiger charge is 1.97. The number of pyridine rings is 1. The van der Waals surface area contributed by atoms with Crippen LogP contribution >= 0.6 is 11.8 Å². The molecule has 0 radical (unpaired) electrons. The summed E-state index contributed by atoms with van der Waals surface area (Å²) in [6.07, 6.45) is 3.37. The van der Waals surface area contributed by atoms with Crippen molar-refractivity contribution in [2.24, 2.45) is 0 Å². The molecule has 0 atom stereocenters. The van der Waals surface area contributed by atoms with Gasteiger partial charge in [0.1, 0.15) is 0 Å². The van der Waals surface area contributed by atoms with Gasteiger partial charge in [0.25, 0.3) is 0 Å². The number of hydrogen-bond acceptors (Lipinski definition) is 3. The molecular formula is C8H10N2S. The van der Waals surface area contributed by atoms with Crippen molar-refractivity contribution in [2.75, 3.05) is 5.73 Å². The molecule has 0 unspecified atom stereocenters. The zero-order valence-electron chi connectivity index (χ0n) is 6.37. The number of rotatable bonds is 2. The third-order valence-corrected chi connectivity index (χ3v) is 2.03. The largest absolute Gasteiger partial charge is 0.397 e. The van der Waals surface area contributed by atoms with Gasteiger partial charge in [-0.25, -0.2) is 0 Å². The summed E-state index contributed by atoms with van der Waals surface area (Å²) in [5.41, 5.74) is 6.35. The molecule has 3 heteroatoms. The molecule has 0 spiro atoms. The molecule has 1 aromatic heterocycles. The first-order valence-corrected chi connectivity index (χ1v) is 4.04. The molecule has 1 rings (SSSR count). The molecule has 0 amide bonds. The van der Waals surface area contributed by atoms with Crippen molar-refractivity contribution >= 4 is 17.4 Å². The number of anilines is 1. The Hall–Kier alpha value is -0.960. The van der Waals surface area contributed by atoms with Gasteiger partial charge in [0.05, 0.1) is 11.9 Å². The predicted octanol–water partition coefficient (Wildman–Crippen LogP) is 2.29. The minimum Gasteiger partial charge on any atom is -0.397 e. The van der Waals surface area contributed by atoms with Gasteiger partial charge in [0, 0.05) is 11.1 Å². The summed E-state index contributed by atoms with van der Waals surface area (Å²) in [6.45, 7) is 5.73. The second-order valence-electron chi connectivity index (χ2n) is 2.22. The molecule has 58 valence electrons. The van der Waals surface area contributed by atoms with Gasteiger partial charge in [-0.3, -0.25) is 4.98 Å². The van der Waals surface area contributed by atoms with Crippen LogP contribution in [0.15, 0.2) is 34.8 Å². The van der Waals surface area contributed by atoms with Crippen LogP contribution in [0.25, 0.3) is 0 Å². The molecule has 0 saturated carbocycles. The lowest BCUT2D eigenvalue weighted by Crippen LogP contribution is -1.88. The molecule has 2 N–H and O–H groups in total. The van der Waals surface area contributed by atoms with Crippen LogP contribution in [0.1, 0.15) is 6.92 Å². The van der Waals surface area contributed by atoms with E-state index in [1.54, 1.807) is 24.2 Å². The summed E-state index contributed by atoms with van der Waals surface area (Å²) in [5.74, 6) is 0. The molecular weight excluding hydrogens is 156 g/mol. The molecule has 0 aliphatic heterocycles. The fraction of sp³-hybridized carbons (Fsp3) is 0.125. The van der Waals surface area contributed by atoms with Crippen molar-refractivity contribution in [2.45, 2.75) is 11.8 Å². The molecule has 0 fully saturated rings. The molecule has 0 aliphatic carbocycles. The molecule has 2 nitrogen and oxygen atoms in total. The lowest BCUT2D eigenvalue weighted by Gasteiger charge is -2.01. The van der Waals surface area contributed by atoms with Crippen LogP contribution in [0.3, 0.4) is 0 Å². The van der Waals surface area contributed by atoms with E-state index in [1.807, 2.05) is 13.0 Å². The number of hydrogen-bond donors (Lipinski definition) is 1. The van der Waals surface area contributed by atoms with Gasteiger partial charge in [-0.2, -0.15) is 0 Å². The number of nitrogens with two attached hydrogens (primary N) is 1. The van der Waals surface area contributed by atoms with Crippen molar-refractivity contribution in [3.05, 3.63) is 29.9 Å². The highest BCUT2D eigenvalue weighted by atomic mass is 32.2. The van der Waals surface area contributed by atoms with Gasteiger partial charge in [0.2, 0.25) is 0 Å². The van der Waals surface area contributed by atoms with E-state index in [0.717, 1.165) is 9.80 Å². The third-order valence-electron chi connectivity index (χ3n) is 1.09. The average Bonchev–Trinajstić information content (AvgIpc) is 1.93. The Balaban J connectivity index is 2.86. The Morgan fingerprint density at radius 2 is 2.45 bits per heavy atom. The molecule has 1 aromatic rings. The Morgan fingerprint density at radius 3 is 3.00 bits per heavy atom. The summed E-state index contributed by atoms with van der Waals surface area (Å²) in [6, 6.07) is 1.88. The van der Waals surface area contributed by atoms with E-state index < -0.39 is 0 Å². The van der Waals surface area contributed by atoms with Crippen LogP contribution in [0, 0.1) is 0 Å². The Morgan fingerprint density at radius 1 is 1.73 bits per heavy atom. The number of thioether (sulfide) groups is 1. The maximum absolute atomic E-state index is 5.64. The van der Waals surface area contributed by atoms with Crippen molar-refractivity contribution in [1.82, 2.24) is 4.98 Å². The van der Waals surface area contributed by atoms with Crippen LogP contribution in [0.5, 0.6) is 0 Å². The minimum absolute atomic E-state index is 0.709. The summed E-state index contributed by atoms with van der Waals surface area (Å²) in [5, 5.41) is 0. The fourth-order valence-corrected chi connectivity index (χ4v) is 1.35. The Bertz CT molecular complexity index is 271. The first-order valence-electron chi connectivity index (χ1n) is 3.23. The molecule has 0 aliphatic rings. The molecule has 1 heterocycles. The second kappa shape index (κ2) is 3.44. The van der Waals surface area contributed by atoms with E-state index in [2.05, 4.69) is 11.6 Å². The highest BCUT2D eigenvalue weighted by Crippen LogP contribution is 2.28. The van der Waals surface area contributed by atoms with Crippen LogP contribution in [0.4, 0.5) is 5.69 Å². The SMILES string of the molecule is C=C(C)Sc1ccncc1N. The summed E-state index contributed by atoms with van der Waals surface area (Å²) in [7, 11) is 0. The van der Waals surface area contributed by atoms with Crippen molar-refractivity contribution in [1.29, 1.82) is 0 Å². The zero-order chi connectivity index (χ0) is 8.27. The first-order chi connectivity index (χ1) is 5.20. The van der Waals surface area contributed by atoms with Gasteiger partial charge in [0.15, 0.2) is 0 Å². The van der Waals surface area contributed by atoms with Gasteiger partial charge < -0.3 is 5.73 Å². The van der Waals surface area contributed by atoms with Crippen molar-refractivity contribution in [3.63, 3.8) is 0 Å². The van der Waals surface area contributed by atoms with E-state index in [9.17, 15) is 0 Å². The number of nitrogens with zero attached hydrogens (tertiary/aromatic N) is 1. The smallest absolute Gasteiger partial charge is 0.0642 e. The van der Waals surface area contributed by atoms with E-state index in [-0.39, 0.29) is 0 Å². The quantitative estimate of drug-likeness (QED) is 0.685. The Kier molecular flexibility index (Phi) is 2.54. The molecule has 0 aromatic carbocycles. The lowest BCUT2D eigenvalue weighted by molar-refractivity contribution is 1.27. The number of allylic oxidation sites excluding steroid dienone is 1. The summed E-state index contributed by atoms with van der Waals surface area (Å²) >= 11 is 1.57. The standard InChI is InChI=1S/C8H10N2S/c1-6(2)11-8-3-4-10-5-7(8)9/h3-5H,1,9H2,2H3. The van der Waals surface area contributed by atoms with E-state index in [0.29, 0.717) is 5.69 Å². The normalized spacial score (nSPS) is 9.55. The van der Waals surface area contributed by atoms with Crippen molar-refractivity contribution < 1.29 is 0 Å². The van der Waals surface area contributed by atoms with Crippen LogP contribution in [-0.4, -0.2) is 4.98 Å². The van der Waals surface area contributed by atoms with Crippen molar-refractivity contribution in [3.8, 4) is 0 Å². The molecule has 0 bridgehead atoms. The fourth-order valence-electron chi connectivity index (χ4n) is 0.675. The van der Waals surface area contributed by atoms with Crippen LogP contribution in [-0.2, 0) is 0 Å². The van der Waals surface area contributed by atoms with Crippen LogP contribution in [0.2, 0.25) is 0 Å². The lowest BCUT2D eigenvalue weighted by atomic mass is 10.4. The average molecular weight is 166 g/mol. The second-order valence-corrected chi connectivity index (χ2v) is 3.56. The van der Waals surface area contributed by atoms with Gasteiger partial charge >= 0.3 is 0 Å². The van der Waals surface area contributed by atoms with E-state index >= 15 is 0 Å². The third kappa shape index (κ3) is 2.27. The summed E-state index contributed by atoms with van der Waals surface area (Å²) < 4.78 is 0. The monoisotopic (exact) mass is 166 g/mol. The zero-order valence-corrected chi connectivity index (χ0v) is 7.19. The summed E-state index contributed by atoms with van der Waals surface area (Å²) in [4.78, 5) is 5.94.